The SMILES string of the molecule is O=C(c1cnc[nH]1)N1CC[C@H](C2CCN(c3ncccn3)CC2)C1. The molecule has 4 heterocycles. The van der Waals surface area contributed by atoms with Gasteiger partial charge < -0.3 is 14.8 Å². The Hall–Kier alpha value is -2.44. The molecule has 4 rings (SSSR count). The maximum absolute atomic E-state index is 12.4. The lowest BCUT2D eigenvalue weighted by molar-refractivity contribution is 0.0775. The minimum atomic E-state index is 0.0742. The number of anilines is 1. The first kappa shape index (κ1) is 15.1. The molecule has 2 aliphatic heterocycles. The lowest BCUT2D eigenvalue weighted by Gasteiger charge is -2.34. The van der Waals surface area contributed by atoms with Crippen LogP contribution in [0, 0.1) is 11.8 Å². The van der Waals surface area contributed by atoms with E-state index in [1.807, 2.05) is 11.0 Å². The number of likely N-dealkylation sites (tertiary alicyclic amines) is 1. The average Bonchev–Trinajstić information content (AvgIpc) is 3.34. The van der Waals surface area contributed by atoms with Gasteiger partial charge in [0, 0.05) is 38.6 Å². The molecule has 0 bridgehead atoms. The summed E-state index contributed by atoms with van der Waals surface area (Å²) in [5.74, 6) is 2.20. The number of carbonyl (C=O) groups excluding carboxylic acids is 1. The summed E-state index contributed by atoms with van der Waals surface area (Å²) in [6, 6.07) is 1.85. The molecular formula is C17H22N6O. The molecule has 1 N–H and O–H groups in total. The third kappa shape index (κ3) is 2.98. The molecule has 7 nitrogen and oxygen atoms in total. The van der Waals surface area contributed by atoms with E-state index in [1.54, 1.807) is 24.9 Å². The second-order valence-corrected chi connectivity index (χ2v) is 6.64. The van der Waals surface area contributed by atoms with E-state index in [2.05, 4.69) is 24.8 Å². The van der Waals surface area contributed by atoms with Crippen LogP contribution in [0.3, 0.4) is 0 Å². The third-order valence-corrected chi connectivity index (χ3v) is 5.28. The van der Waals surface area contributed by atoms with E-state index in [1.165, 1.54) is 0 Å². The largest absolute Gasteiger partial charge is 0.341 e. The number of carbonyl (C=O) groups is 1. The molecule has 0 saturated carbocycles. The molecule has 0 aromatic carbocycles. The number of piperidine rings is 1. The van der Waals surface area contributed by atoms with Crippen LogP contribution in [0.15, 0.2) is 31.0 Å². The molecule has 1 atom stereocenters. The van der Waals surface area contributed by atoms with Gasteiger partial charge in [0.2, 0.25) is 5.95 Å². The minimum absolute atomic E-state index is 0.0742. The molecule has 2 aromatic heterocycles. The van der Waals surface area contributed by atoms with Crippen LogP contribution in [-0.4, -0.2) is 56.9 Å². The fourth-order valence-electron chi connectivity index (χ4n) is 3.93. The molecule has 0 radical (unpaired) electrons. The van der Waals surface area contributed by atoms with Gasteiger partial charge in [-0.3, -0.25) is 4.79 Å². The molecule has 2 aliphatic rings. The maximum Gasteiger partial charge on any atom is 0.271 e. The Morgan fingerprint density at radius 1 is 1.08 bits per heavy atom. The van der Waals surface area contributed by atoms with E-state index >= 15 is 0 Å². The molecular weight excluding hydrogens is 304 g/mol. The second-order valence-electron chi connectivity index (χ2n) is 6.64. The smallest absolute Gasteiger partial charge is 0.271 e. The molecule has 24 heavy (non-hydrogen) atoms. The fourth-order valence-corrected chi connectivity index (χ4v) is 3.93. The number of aromatic amines is 1. The van der Waals surface area contributed by atoms with E-state index in [0.29, 0.717) is 17.5 Å². The molecule has 126 valence electrons. The first-order valence-corrected chi connectivity index (χ1v) is 8.61. The highest BCUT2D eigenvalue weighted by Gasteiger charge is 2.34. The van der Waals surface area contributed by atoms with Crippen LogP contribution in [0.25, 0.3) is 0 Å². The molecule has 2 saturated heterocycles. The summed E-state index contributed by atoms with van der Waals surface area (Å²) in [6.07, 6.45) is 10.2. The number of amides is 1. The van der Waals surface area contributed by atoms with Crippen LogP contribution in [0.2, 0.25) is 0 Å². The van der Waals surface area contributed by atoms with Gasteiger partial charge >= 0.3 is 0 Å². The van der Waals surface area contributed by atoms with Crippen molar-refractivity contribution >= 4 is 11.9 Å². The van der Waals surface area contributed by atoms with Crippen molar-refractivity contribution in [3.63, 3.8) is 0 Å². The highest BCUT2D eigenvalue weighted by Crippen LogP contribution is 2.33. The Bertz CT molecular complexity index is 666. The van der Waals surface area contributed by atoms with Crippen molar-refractivity contribution in [2.45, 2.75) is 19.3 Å². The number of imidazole rings is 1. The van der Waals surface area contributed by atoms with Crippen molar-refractivity contribution < 1.29 is 4.79 Å². The Morgan fingerprint density at radius 3 is 2.54 bits per heavy atom. The van der Waals surface area contributed by atoms with Crippen LogP contribution < -0.4 is 4.90 Å². The Kier molecular flexibility index (Phi) is 4.15. The van der Waals surface area contributed by atoms with Crippen molar-refractivity contribution in [3.05, 3.63) is 36.7 Å². The van der Waals surface area contributed by atoms with E-state index in [0.717, 1.165) is 51.4 Å². The summed E-state index contributed by atoms with van der Waals surface area (Å²) in [6.45, 7) is 3.72. The number of hydrogen-bond acceptors (Lipinski definition) is 5. The van der Waals surface area contributed by atoms with Gasteiger partial charge in [-0.1, -0.05) is 0 Å². The predicted octanol–water partition coefficient (Wildman–Crippen LogP) is 1.58. The van der Waals surface area contributed by atoms with Gasteiger partial charge in [-0.15, -0.1) is 0 Å². The highest BCUT2D eigenvalue weighted by atomic mass is 16.2. The zero-order chi connectivity index (χ0) is 16.4. The standard InChI is InChI=1S/C17H22N6O/c24-16(15-10-18-12-21-15)23-9-4-14(11-23)13-2-7-22(8-3-13)17-19-5-1-6-20-17/h1,5-6,10,12-14H,2-4,7-9,11H2,(H,18,21)/t14-/m0/s1. The van der Waals surface area contributed by atoms with E-state index < -0.39 is 0 Å². The van der Waals surface area contributed by atoms with Crippen LogP contribution in [0.5, 0.6) is 0 Å². The quantitative estimate of drug-likeness (QED) is 0.926. The van der Waals surface area contributed by atoms with Crippen LogP contribution in [-0.2, 0) is 0 Å². The van der Waals surface area contributed by atoms with Gasteiger partial charge in [-0.25, -0.2) is 15.0 Å². The minimum Gasteiger partial charge on any atom is -0.341 e. The number of rotatable bonds is 3. The lowest BCUT2D eigenvalue weighted by atomic mass is 9.84. The molecule has 2 fully saturated rings. The van der Waals surface area contributed by atoms with E-state index in [4.69, 9.17) is 0 Å². The number of aromatic nitrogens is 4. The second kappa shape index (κ2) is 6.59. The zero-order valence-corrected chi connectivity index (χ0v) is 13.6. The van der Waals surface area contributed by atoms with Gasteiger partial charge in [0.1, 0.15) is 5.69 Å². The maximum atomic E-state index is 12.4. The van der Waals surface area contributed by atoms with Crippen LogP contribution >= 0.6 is 0 Å². The number of hydrogen-bond donors (Lipinski definition) is 1. The summed E-state index contributed by atoms with van der Waals surface area (Å²) in [5.41, 5.74) is 0.590. The summed E-state index contributed by atoms with van der Waals surface area (Å²) in [7, 11) is 0. The molecule has 1 amide bonds. The van der Waals surface area contributed by atoms with Gasteiger partial charge in [0.15, 0.2) is 0 Å². The normalized spacial score (nSPS) is 22.1. The predicted molar refractivity (Wildman–Crippen MR) is 89.6 cm³/mol. The monoisotopic (exact) mass is 326 g/mol. The summed E-state index contributed by atoms with van der Waals surface area (Å²) in [4.78, 5) is 32.2. The number of H-pyrrole nitrogens is 1. The Labute approximate surface area is 141 Å². The van der Waals surface area contributed by atoms with Crippen molar-refractivity contribution in [3.8, 4) is 0 Å². The van der Waals surface area contributed by atoms with Gasteiger partial charge in [0.25, 0.3) is 5.91 Å². The van der Waals surface area contributed by atoms with Crippen molar-refractivity contribution in [1.29, 1.82) is 0 Å². The van der Waals surface area contributed by atoms with Crippen LogP contribution in [0.4, 0.5) is 5.95 Å². The van der Waals surface area contributed by atoms with Gasteiger partial charge in [-0.2, -0.15) is 0 Å². The molecule has 0 aliphatic carbocycles. The topological polar surface area (TPSA) is 78.0 Å². The summed E-state index contributed by atoms with van der Waals surface area (Å²) in [5, 5.41) is 0. The Balaban J connectivity index is 1.31. The lowest BCUT2D eigenvalue weighted by Crippen LogP contribution is -2.38. The third-order valence-electron chi connectivity index (χ3n) is 5.28. The van der Waals surface area contributed by atoms with Crippen LogP contribution in [0.1, 0.15) is 29.8 Å². The molecule has 7 heteroatoms. The first-order chi connectivity index (χ1) is 11.8. The number of nitrogens with one attached hydrogen (secondary N) is 1. The van der Waals surface area contributed by atoms with E-state index in [9.17, 15) is 4.79 Å². The highest BCUT2D eigenvalue weighted by molar-refractivity contribution is 5.92. The van der Waals surface area contributed by atoms with Crippen molar-refractivity contribution in [2.75, 3.05) is 31.1 Å². The van der Waals surface area contributed by atoms with Gasteiger partial charge in [-0.05, 0) is 37.2 Å². The van der Waals surface area contributed by atoms with Gasteiger partial charge in [0.05, 0.1) is 12.5 Å². The van der Waals surface area contributed by atoms with Crippen molar-refractivity contribution in [2.24, 2.45) is 11.8 Å². The Morgan fingerprint density at radius 2 is 1.83 bits per heavy atom. The zero-order valence-electron chi connectivity index (χ0n) is 13.6. The molecule has 0 unspecified atom stereocenters. The number of nitrogens with zero attached hydrogens (tertiary/aromatic N) is 5. The van der Waals surface area contributed by atoms with E-state index in [-0.39, 0.29) is 5.91 Å². The fraction of sp³-hybridized carbons (Fsp3) is 0.529. The summed E-state index contributed by atoms with van der Waals surface area (Å²) >= 11 is 0. The average molecular weight is 326 g/mol. The summed E-state index contributed by atoms with van der Waals surface area (Å²) < 4.78 is 0. The van der Waals surface area contributed by atoms with Crippen molar-refractivity contribution in [1.82, 2.24) is 24.8 Å². The molecule has 2 aromatic rings. The molecule has 0 spiro atoms. The first-order valence-electron chi connectivity index (χ1n) is 8.61.